The van der Waals surface area contributed by atoms with Crippen molar-refractivity contribution in [1.82, 2.24) is 0 Å². The number of aliphatic hydroxyl groups is 1. The number of hydrogen-bond acceptors (Lipinski definition) is 1. The van der Waals surface area contributed by atoms with Crippen molar-refractivity contribution in [2.75, 3.05) is 6.61 Å². The average Bonchev–Trinajstić information content (AvgIpc) is 2.22. The van der Waals surface area contributed by atoms with Crippen LogP contribution in [0.25, 0.3) is 0 Å². The summed E-state index contributed by atoms with van der Waals surface area (Å²) in [7, 11) is 0. The molecule has 1 heteroatoms. The summed E-state index contributed by atoms with van der Waals surface area (Å²) in [5, 5.41) is 8.98. The molecule has 1 aliphatic rings. The molecule has 0 aromatic heterocycles. The topological polar surface area (TPSA) is 20.2 Å². The minimum absolute atomic E-state index is 0.271. The standard InChI is InChI=1S/C14H24O/c1-4-13(12(3)9-10-15)14-8-6-5-7-11(14)2/h11-12,14-15H,1,5-10H2,2-3H3. The van der Waals surface area contributed by atoms with Crippen LogP contribution in [0.2, 0.25) is 0 Å². The lowest BCUT2D eigenvalue weighted by Gasteiger charge is -2.32. The number of aliphatic hydroxyl groups excluding tert-OH is 1. The molecule has 1 rings (SSSR count). The highest BCUT2D eigenvalue weighted by Gasteiger charge is 2.26. The van der Waals surface area contributed by atoms with Gasteiger partial charge in [0.05, 0.1) is 0 Å². The third kappa shape index (κ3) is 3.22. The summed E-state index contributed by atoms with van der Waals surface area (Å²) < 4.78 is 0. The van der Waals surface area contributed by atoms with Crippen molar-refractivity contribution in [2.24, 2.45) is 17.8 Å². The average molecular weight is 208 g/mol. The minimum atomic E-state index is 0.271. The Hall–Kier alpha value is -0.520. The van der Waals surface area contributed by atoms with Crippen molar-refractivity contribution in [3.8, 4) is 0 Å². The van der Waals surface area contributed by atoms with Crippen molar-refractivity contribution in [3.63, 3.8) is 0 Å². The molecule has 15 heavy (non-hydrogen) atoms. The Kier molecular flexibility index (Phi) is 5.14. The zero-order valence-corrected chi connectivity index (χ0v) is 10.1. The van der Waals surface area contributed by atoms with Crippen molar-refractivity contribution < 1.29 is 5.11 Å². The second-order valence-electron chi connectivity index (χ2n) is 4.91. The molecule has 0 aromatic rings. The quantitative estimate of drug-likeness (QED) is 0.701. The van der Waals surface area contributed by atoms with Crippen molar-refractivity contribution in [2.45, 2.75) is 46.0 Å². The van der Waals surface area contributed by atoms with E-state index >= 15 is 0 Å². The van der Waals surface area contributed by atoms with Crippen LogP contribution >= 0.6 is 0 Å². The predicted molar refractivity (Wildman–Crippen MR) is 64.6 cm³/mol. The maximum Gasteiger partial charge on any atom is 0.0436 e. The van der Waals surface area contributed by atoms with E-state index in [-0.39, 0.29) is 6.61 Å². The fraction of sp³-hybridized carbons (Fsp3) is 0.786. The SMILES string of the molecule is C=C=C(C(C)CCO)C1CCCCC1C. The molecule has 0 heterocycles. The number of hydrogen-bond donors (Lipinski definition) is 1. The van der Waals surface area contributed by atoms with E-state index in [4.69, 9.17) is 5.11 Å². The lowest BCUT2D eigenvalue weighted by Crippen LogP contribution is -2.22. The first-order valence-corrected chi connectivity index (χ1v) is 6.21. The Morgan fingerprint density at radius 2 is 2.13 bits per heavy atom. The van der Waals surface area contributed by atoms with Gasteiger partial charge in [-0.05, 0) is 36.2 Å². The lowest BCUT2D eigenvalue weighted by molar-refractivity contribution is 0.244. The third-order valence-electron chi connectivity index (χ3n) is 3.81. The fourth-order valence-corrected chi connectivity index (χ4v) is 2.80. The first-order valence-electron chi connectivity index (χ1n) is 6.21. The fourth-order valence-electron chi connectivity index (χ4n) is 2.80. The van der Waals surface area contributed by atoms with Crippen molar-refractivity contribution in [3.05, 3.63) is 17.9 Å². The molecule has 86 valence electrons. The van der Waals surface area contributed by atoms with Gasteiger partial charge in [-0.2, -0.15) is 0 Å². The van der Waals surface area contributed by atoms with Crippen LogP contribution in [0.5, 0.6) is 0 Å². The Bertz CT molecular complexity index is 238. The zero-order valence-electron chi connectivity index (χ0n) is 10.1. The van der Waals surface area contributed by atoms with Gasteiger partial charge in [0, 0.05) is 6.61 Å². The van der Waals surface area contributed by atoms with Gasteiger partial charge in [0.2, 0.25) is 0 Å². The highest BCUT2D eigenvalue weighted by Crippen LogP contribution is 2.37. The number of rotatable bonds is 4. The highest BCUT2D eigenvalue weighted by atomic mass is 16.3. The summed E-state index contributed by atoms with van der Waals surface area (Å²) >= 11 is 0. The third-order valence-corrected chi connectivity index (χ3v) is 3.81. The van der Waals surface area contributed by atoms with Gasteiger partial charge in [-0.25, -0.2) is 0 Å². The Balaban J connectivity index is 2.68. The molecule has 0 radical (unpaired) electrons. The van der Waals surface area contributed by atoms with Crippen LogP contribution in [0.1, 0.15) is 46.0 Å². The van der Waals surface area contributed by atoms with E-state index in [1.807, 2.05) is 0 Å². The van der Waals surface area contributed by atoms with E-state index in [2.05, 4.69) is 26.2 Å². The molecule has 0 bridgehead atoms. The molecular formula is C14H24O. The molecule has 0 aliphatic heterocycles. The molecule has 1 saturated carbocycles. The van der Waals surface area contributed by atoms with E-state index in [1.54, 1.807) is 0 Å². The van der Waals surface area contributed by atoms with Crippen molar-refractivity contribution >= 4 is 0 Å². The van der Waals surface area contributed by atoms with Crippen molar-refractivity contribution in [1.29, 1.82) is 0 Å². The van der Waals surface area contributed by atoms with E-state index in [0.717, 1.165) is 12.3 Å². The van der Waals surface area contributed by atoms with Crippen LogP contribution in [-0.4, -0.2) is 11.7 Å². The summed E-state index contributed by atoms with van der Waals surface area (Å²) in [6.07, 6.45) is 6.18. The molecule has 3 unspecified atom stereocenters. The van der Waals surface area contributed by atoms with Crippen LogP contribution in [0.15, 0.2) is 17.9 Å². The predicted octanol–water partition coefficient (Wildman–Crippen LogP) is 3.54. The molecule has 0 spiro atoms. The van der Waals surface area contributed by atoms with E-state index in [1.165, 1.54) is 31.3 Å². The molecule has 3 atom stereocenters. The van der Waals surface area contributed by atoms with Gasteiger partial charge in [0.25, 0.3) is 0 Å². The van der Waals surface area contributed by atoms with Gasteiger partial charge in [-0.3, -0.25) is 0 Å². The van der Waals surface area contributed by atoms with Crippen LogP contribution in [0, 0.1) is 17.8 Å². The molecule has 1 nitrogen and oxygen atoms in total. The smallest absolute Gasteiger partial charge is 0.0436 e. The molecule has 0 saturated heterocycles. The maximum absolute atomic E-state index is 8.98. The second kappa shape index (κ2) is 6.15. The van der Waals surface area contributed by atoms with Gasteiger partial charge in [0.15, 0.2) is 0 Å². The maximum atomic E-state index is 8.98. The van der Waals surface area contributed by atoms with Crippen LogP contribution in [0.4, 0.5) is 0 Å². The molecule has 0 aromatic carbocycles. The van der Waals surface area contributed by atoms with Crippen LogP contribution in [-0.2, 0) is 0 Å². The normalized spacial score (nSPS) is 28.2. The lowest BCUT2D eigenvalue weighted by atomic mass is 9.73. The molecule has 1 fully saturated rings. The van der Waals surface area contributed by atoms with Gasteiger partial charge in [-0.15, -0.1) is 5.73 Å². The van der Waals surface area contributed by atoms with Gasteiger partial charge in [0.1, 0.15) is 0 Å². The van der Waals surface area contributed by atoms with Gasteiger partial charge >= 0.3 is 0 Å². The highest BCUT2D eigenvalue weighted by molar-refractivity contribution is 5.10. The van der Waals surface area contributed by atoms with Crippen LogP contribution < -0.4 is 0 Å². The van der Waals surface area contributed by atoms with E-state index in [9.17, 15) is 0 Å². The largest absolute Gasteiger partial charge is 0.396 e. The second-order valence-corrected chi connectivity index (χ2v) is 4.91. The summed E-state index contributed by atoms with van der Waals surface area (Å²) in [6, 6.07) is 0. The Morgan fingerprint density at radius 1 is 1.47 bits per heavy atom. The van der Waals surface area contributed by atoms with Gasteiger partial charge in [-0.1, -0.05) is 39.7 Å². The molecule has 1 N–H and O–H groups in total. The summed E-state index contributed by atoms with van der Waals surface area (Å²) in [5.41, 5.74) is 4.50. The monoisotopic (exact) mass is 208 g/mol. The molecule has 1 aliphatic carbocycles. The Morgan fingerprint density at radius 3 is 2.67 bits per heavy atom. The minimum Gasteiger partial charge on any atom is -0.396 e. The molecule has 0 amide bonds. The van der Waals surface area contributed by atoms with E-state index < -0.39 is 0 Å². The first-order chi connectivity index (χ1) is 7.20. The summed E-state index contributed by atoms with van der Waals surface area (Å²) in [5.74, 6) is 1.87. The number of allylic oxidation sites excluding steroid dienone is 1. The van der Waals surface area contributed by atoms with Crippen LogP contribution in [0.3, 0.4) is 0 Å². The Labute approximate surface area is 93.9 Å². The molecular weight excluding hydrogens is 184 g/mol. The van der Waals surface area contributed by atoms with Gasteiger partial charge < -0.3 is 5.11 Å². The summed E-state index contributed by atoms with van der Waals surface area (Å²) in [6.45, 7) is 8.63. The summed E-state index contributed by atoms with van der Waals surface area (Å²) in [4.78, 5) is 0. The zero-order chi connectivity index (χ0) is 11.3. The van der Waals surface area contributed by atoms with E-state index in [0.29, 0.717) is 11.8 Å². The first kappa shape index (κ1) is 12.5.